The number of carboxylic acids is 1. The molecule has 0 radical (unpaired) electrons. The molecule has 2 aliphatic rings. The van der Waals surface area contributed by atoms with Gasteiger partial charge in [0.2, 0.25) is 5.91 Å². The van der Waals surface area contributed by atoms with Gasteiger partial charge in [-0.25, -0.2) is 9.18 Å². The molecule has 2 N–H and O–H groups in total. The topological polar surface area (TPSA) is 112 Å². The predicted octanol–water partition coefficient (Wildman–Crippen LogP) is 2.06. The number of benzene rings is 1. The predicted molar refractivity (Wildman–Crippen MR) is 115 cm³/mol. The van der Waals surface area contributed by atoms with Crippen molar-refractivity contribution < 1.29 is 23.9 Å². The zero-order valence-electron chi connectivity index (χ0n) is 16.2. The third-order valence-corrected chi connectivity index (χ3v) is 8.12. The first-order valence-electron chi connectivity index (χ1n) is 9.20. The van der Waals surface area contributed by atoms with Gasteiger partial charge >= 0.3 is 5.97 Å². The number of nitrogens with one attached hydrogen (secondary N) is 1. The number of rotatable bonds is 7. The normalized spacial score (nSPS) is 20.3. The first kappa shape index (κ1) is 21.8. The van der Waals surface area contributed by atoms with E-state index < -0.39 is 29.1 Å². The number of thioether (sulfide) groups is 2. The maximum atomic E-state index is 13.0. The number of aryl methyl sites for hydroxylation is 1. The van der Waals surface area contributed by atoms with Gasteiger partial charge in [0.05, 0.1) is 6.42 Å². The molecule has 1 saturated heterocycles. The van der Waals surface area contributed by atoms with E-state index in [-0.39, 0.29) is 18.0 Å². The zero-order valence-corrected chi connectivity index (χ0v) is 18.7. The van der Waals surface area contributed by atoms with Crippen molar-refractivity contribution in [2.75, 3.05) is 11.5 Å². The molecule has 12 heteroatoms. The number of hydrogen-bond acceptors (Lipinski definition) is 8. The van der Waals surface area contributed by atoms with Crippen LogP contribution in [0.1, 0.15) is 10.6 Å². The van der Waals surface area contributed by atoms with Crippen LogP contribution in [0.4, 0.5) is 4.39 Å². The monoisotopic (exact) mass is 480 g/mol. The fourth-order valence-corrected chi connectivity index (χ4v) is 6.59. The Labute approximate surface area is 189 Å². The second kappa shape index (κ2) is 8.97. The van der Waals surface area contributed by atoms with Crippen LogP contribution in [0.25, 0.3) is 0 Å². The van der Waals surface area contributed by atoms with Gasteiger partial charge in [0.25, 0.3) is 5.91 Å². The molecule has 2 atom stereocenters. The van der Waals surface area contributed by atoms with Crippen molar-refractivity contribution in [3.63, 3.8) is 0 Å². The van der Waals surface area contributed by atoms with Gasteiger partial charge in [-0.15, -0.1) is 22.0 Å². The molecular weight excluding hydrogens is 463 g/mol. The number of β-lactam (4-membered cyclic amide) rings is 1. The molecule has 0 saturated carbocycles. The zero-order chi connectivity index (χ0) is 22.1. The summed E-state index contributed by atoms with van der Waals surface area (Å²) in [5.41, 5.74) is 1.23. The quantitative estimate of drug-likeness (QED) is 0.458. The number of aromatic nitrogens is 2. The Hall–Kier alpha value is -2.44. The Morgan fingerprint density at radius 1 is 1.32 bits per heavy atom. The van der Waals surface area contributed by atoms with Crippen molar-refractivity contribution >= 4 is 52.6 Å². The highest BCUT2D eigenvalue weighted by Crippen LogP contribution is 2.41. The maximum Gasteiger partial charge on any atom is 0.352 e. The van der Waals surface area contributed by atoms with Gasteiger partial charge in [-0.05, 0) is 30.2 Å². The highest BCUT2D eigenvalue weighted by atomic mass is 32.2. The molecule has 162 valence electrons. The van der Waals surface area contributed by atoms with E-state index in [0.717, 1.165) is 9.35 Å². The molecule has 0 aliphatic carbocycles. The number of carboxylic acid groups (broad SMARTS) is 1. The molecule has 1 aromatic carbocycles. The fourth-order valence-electron chi connectivity index (χ4n) is 3.29. The van der Waals surface area contributed by atoms with Gasteiger partial charge in [0, 0.05) is 11.5 Å². The molecule has 1 aromatic heterocycles. The van der Waals surface area contributed by atoms with Gasteiger partial charge < -0.3 is 10.4 Å². The average molecular weight is 481 g/mol. The molecule has 31 heavy (non-hydrogen) atoms. The number of halogens is 1. The summed E-state index contributed by atoms with van der Waals surface area (Å²) < 4.78 is 13.7. The smallest absolute Gasteiger partial charge is 0.352 e. The lowest BCUT2D eigenvalue weighted by Crippen LogP contribution is -2.70. The molecule has 2 aromatic rings. The molecule has 3 heterocycles. The van der Waals surface area contributed by atoms with E-state index in [4.69, 9.17) is 0 Å². The molecule has 2 aliphatic heterocycles. The minimum atomic E-state index is -1.17. The van der Waals surface area contributed by atoms with Crippen LogP contribution in [0.15, 0.2) is 39.9 Å². The molecule has 8 nitrogen and oxygen atoms in total. The van der Waals surface area contributed by atoms with Gasteiger partial charge in [0.15, 0.2) is 4.34 Å². The minimum absolute atomic E-state index is 0.00618. The van der Waals surface area contributed by atoms with E-state index >= 15 is 0 Å². The van der Waals surface area contributed by atoms with E-state index in [9.17, 15) is 23.9 Å². The minimum Gasteiger partial charge on any atom is -0.477 e. The Kier molecular flexibility index (Phi) is 6.30. The van der Waals surface area contributed by atoms with Crippen LogP contribution < -0.4 is 5.32 Å². The number of aliphatic carboxylic acids is 1. The lowest BCUT2D eigenvalue weighted by Gasteiger charge is -2.49. The molecule has 4 rings (SSSR count). The van der Waals surface area contributed by atoms with Crippen molar-refractivity contribution in [2.45, 2.75) is 29.1 Å². The standard InChI is InChI=1S/C19H17FN4O4S3/c1-9-22-23-19(31-9)30-8-11-7-29-17-14(16(26)24(17)15(11)18(27)28)21-13(25)6-10-2-4-12(20)5-3-10/h2-5,14,17H,6-8H2,1H3,(H,21,25)(H,27,28)/t14-,17-/m1/s1. The van der Waals surface area contributed by atoms with Crippen molar-refractivity contribution in [2.24, 2.45) is 0 Å². The van der Waals surface area contributed by atoms with Gasteiger partial charge in [-0.2, -0.15) is 0 Å². The molecule has 0 bridgehead atoms. The van der Waals surface area contributed by atoms with E-state index in [1.807, 2.05) is 6.92 Å². The Morgan fingerprint density at radius 2 is 2.06 bits per heavy atom. The van der Waals surface area contributed by atoms with Crippen molar-refractivity contribution in [1.29, 1.82) is 0 Å². The van der Waals surface area contributed by atoms with Crippen molar-refractivity contribution in [3.8, 4) is 0 Å². The van der Waals surface area contributed by atoms with Crippen LogP contribution in [0.3, 0.4) is 0 Å². The number of amides is 2. The molecular formula is C19H17FN4O4S3. The summed E-state index contributed by atoms with van der Waals surface area (Å²) in [4.78, 5) is 38.2. The highest BCUT2D eigenvalue weighted by Gasteiger charge is 2.54. The Bertz CT molecular complexity index is 1070. The summed E-state index contributed by atoms with van der Waals surface area (Å²) in [6.45, 7) is 1.84. The summed E-state index contributed by atoms with van der Waals surface area (Å²) in [5.74, 6) is -1.56. The Balaban J connectivity index is 1.42. The number of fused-ring (bicyclic) bond motifs is 1. The van der Waals surface area contributed by atoms with Crippen molar-refractivity contribution in [3.05, 3.63) is 51.9 Å². The molecule has 1 fully saturated rings. The lowest BCUT2D eigenvalue weighted by molar-refractivity contribution is -0.150. The first-order valence-corrected chi connectivity index (χ1v) is 12.1. The second-order valence-corrected chi connectivity index (χ2v) is 10.4. The number of hydrogen-bond donors (Lipinski definition) is 2. The molecule has 2 amide bonds. The number of carbonyl (C=O) groups excluding carboxylic acids is 2. The molecule has 0 spiro atoms. The fraction of sp³-hybridized carbons (Fsp3) is 0.316. The van der Waals surface area contributed by atoms with Crippen LogP contribution in [0, 0.1) is 12.7 Å². The average Bonchev–Trinajstić information content (AvgIpc) is 3.16. The summed E-state index contributed by atoms with van der Waals surface area (Å²) in [5, 5.41) is 20.7. The highest BCUT2D eigenvalue weighted by molar-refractivity contribution is 8.01. The second-order valence-electron chi connectivity index (χ2n) is 6.89. The number of nitrogens with zero attached hydrogens (tertiary/aromatic N) is 3. The van der Waals surface area contributed by atoms with Crippen LogP contribution >= 0.6 is 34.9 Å². The largest absolute Gasteiger partial charge is 0.477 e. The summed E-state index contributed by atoms with van der Waals surface area (Å²) in [7, 11) is 0. The molecule has 0 unspecified atom stereocenters. The van der Waals surface area contributed by atoms with Gasteiger partial charge in [0.1, 0.15) is 27.9 Å². The lowest BCUT2D eigenvalue weighted by atomic mass is 10.0. The van der Waals surface area contributed by atoms with E-state index in [1.54, 1.807) is 0 Å². The third-order valence-electron chi connectivity index (χ3n) is 4.72. The van der Waals surface area contributed by atoms with Gasteiger partial charge in [-0.1, -0.05) is 35.2 Å². The number of carbonyl (C=O) groups is 3. The first-order chi connectivity index (χ1) is 14.8. The van der Waals surface area contributed by atoms with E-state index in [0.29, 0.717) is 22.6 Å². The van der Waals surface area contributed by atoms with E-state index in [1.165, 1.54) is 64.0 Å². The van der Waals surface area contributed by atoms with Crippen LogP contribution in [-0.4, -0.2) is 60.9 Å². The van der Waals surface area contributed by atoms with E-state index in [2.05, 4.69) is 15.5 Å². The maximum absolute atomic E-state index is 13.0. The van der Waals surface area contributed by atoms with Crippen LogP contribution in [0.5, 0.6) is 0 Å². The van der Waals surface area contributed by atoms with Gasteiger partial charge in [-0.3, -0.25) is 14.5 Å². The van der Waals surface area contributed by atoms with Crippen molar-refractivity contribution in [1.82, 2.24) is 20.4 Å². The van der Waals surface area contributed by atoms with Crippen LogP contribution in [0.2, 0.25) is 0 Å². The third kappa shape index (κ3) is 4.60. The van der Waals surface area contributed by atoms with Crippen LogP contribution in [-0.2, 0) is 20.8 Å². The summed E-state index contributed by atoms with van der Waals surface area (Å²) in [6.07, 6.45) is 0.00618. The Morgan fingerprint density at radius 3 is 2.71 bits per heavy atom. The summed E-state index contributed by atoms with van der Waals surface area (Å²) >= 11 is 4.23. The SMILES string of the molecule is Cc1nnc(SCC2=C(C(=O)O)N3C(=O)[C@@H](NC(=O)Cc4ccc(F)cc4)[C@H]3SC2)s1. The summed E-state index contributed by atoms with van der Waals surface area (Å²) in [6, 6.07) is 4.76.